The van der Waals surface area contributed by atoms with E-state index in [1.165, 1.54) is 29.9 Å². The van der Waals surface area contributed by atoms with Crippen molar-refractivity contribution >= 4 is 11.8 Å². The fourth-order valence-corrected chi connectivity index (χ4v) is 1.92. The van der Waals surface area contributed by atoms with Gasteiger partial charge in [0, 0.05) is 0 Å². The molecule has 0 saturated carbocycles. The first-order chi connectivity index (χ1) is 5.95. The first kappa shape index (κ1) is 13.1. The maximum absolute atomic E-state index is 3.98. The van der Waals surface area contributed by atoms with Crippen LogP contribution in [0.15, 0.2) is 11.5 Å². The summed E-state index contributed by atoms with van der Waals surface area (Å²) in [6, 6.07) is 0. The Morgan fingerprint density at radius 3 is 2.31 bits per heavy atom. The molecule has 0 spiro atoms. The predicted molar refractivity (Wildman–Crippen MR) is 65.2 cm³/mol. The Bertz CT molecular complexity index is 142. The molecule has 0 saturated heterocycles. The van der Waals surface area contributed by atoms with Crippen LogP contribution in [0.2, 0.25) is 0 Å². The smallest absolute Gasteiger partial charge is 0.00234 e. The Labute approximate surface area is 88.2 Å². The van der Waals surface area contributed by atoms with Gasteiger partial charge in [-0.25, -0.2) is 0 Å². The van der Waals surface area contributed by atoms with Crippen LogP contribution in [0.5, 0.6) is 0 Å². The van der Waals surface area contributed by atoms with E-state index in [1.54, 1.807) is 0 Å². The zero-order valence-corrected chi connectivity index (χ0v) is 10.5. The molecule has 78 valence electrons. The van der Waals surface area contributed by atoms with E-state index >= 15 is 0 Å². The molecule has 0 unspecified atom stereocenters. The Kier molecular flexibility index (Phi) is 6.58. The van der Waals surface area contributed by atoms with E-state index in [0.29, 0.717) is 5.41 Å². The van der Waals surface area contributed by atoms with Gasteiger partial charge in [-0.1, -0.05) is 40.7 Å². The highest BCUT2D eigenvalue weighted by molar-refractivity contribution is 8.03. The summed E-state index contributed by atoms with van der Waals surface area (Å²) in [6.07, 6.45) is 5.14. The minimum atomic E-state index is 0.506. The van der Waals surface area contributed by atoms with Crippen molar-refractivity contribution < 1.29 is 0 Å². The van der Waals surface area contributed by atoms with E-state index in [4.69, 9.17) is 0 Å². The summed E-state index contributed by atoms with van der Waals surface area (Å²) in [6.45, 7) is 13.1. The molecule has 0 amide bonds. The molecule has 0 N–H and O–H groups in total. The fourth-order valence-electron chi connectivity index (χ4n) is 1.08. The summed E-state index contributed by atoms with van der Waals surface area (Å²) < 4.78 is 0. The summed E-state index contributed by atoms with van der Waals surface area (Å²) in [4.78, 5) is 1.33. The molecule has 0 aliphatic carbocycles. The third kappa shape index (κ3) is 10.0. The van der Waals surface area contributed by atoms with Gasteiger partial charge in [-0.3, -0.25) is 0 Å². The lowest BCUT2D eigenvalue weighted by Gasteiger charge is -2.17. The Hall–Kier alpha value is 0.0900. The molecule has 13 heavy (non-hydrogen) atoms. The molecule has 0 aromatic carbocycles. The maximum Gasteiger partial charge on any atom is -0.00234 e. The second-order valence-corrected chi connectivity index (χ2v) is 6.03. The summed E-state index contributed by atoms with van der Waals surface area (Å²) in [5.74, 6) is 1.25. The number of thioether (sulfide) groups is 1. The summed E-state index contributed by atoms with van der Waals surface area (Å²) in [5, 5.41) is 0. The molecular formula is C12H24S. The van der Waals surface area contributed by atoms with E-state index in [1.807, 2.05) is 11.8 Å². The largest absolute Gasteiger partial charge is 0.131 e. The van der Waals surface area contributed by atoms with Crippen LogP contribution in [-0.2, 0) is 0 Å². The van der Waals surface area contributed by atoms with Crippen molar-refractivity contribution in [3.8, 4) is 0 Å². The van der Waals surface area contributed by atoms with Crippen molar-refractivity contribution in [1.82, 2.24) is 0 Å². The molecule has 0 bridgehead atoms. The van der Waals surface area contributed by atoms with Crippen LogP contribution >= 0.6 is 11.8 Å². The van der Waals surface area contributed by atoms with Gasteiger partial charge in [0.15, 0.2) is 0 Å². The van der Waals surface area contributed by atoms with E-state index in [2.05, 4.69) is 34.3 Å². The van der Waals surface area contributed by atoms with Gasteiger partial charge in [0.05, 0.1) is 0 Å². The Morgan fingerprint density at radius 2 is 1.85 bits per heavy atom. The third-order valence-corrected chi connectivity index (χ3v) is 3.21. The lowest BCUT2D eigenvalue weighted by molar-refractivity contribution is 0.364. The average molecular weight is 200 g/mol. The number of rotatable bonds is 6. The molecule has 1 heteroatoms. The molecule has 0 rings (SSSR count). The van der Waals surface area contributed by atoms with Gasteiger partial charge in [-0.15, -0.1) is 11.8 Å². The van der Waals surface area contributed by atoms with E-state index in [-0.39, 0.29) is 0 Å². The van der Waals surface area contributed by atoms with Gasteiger partial charge in [0.2, 0.25) is 0 Å². The van der Waals surface area contributed by atoms with Crippen LogP contribution in [0.25, 0.3) is 0 Å². The minimum absolute atomic E-state index is 0.506. The van der Waals surface area contributed by atoms with Crippen molar-refractivity contribution in [2.24, 2.45) is 5.41 Å². The molecule has 0 aliphatic rings. The van der Waals surface area contributed by atoms with Crippen LogP contribution in [-0.4, -0.2) is 5.75 Å². The maximum atomic E-state index is 3.98. The normalized spacial score (nSPS) is 11.7. The SMILES string of the molecule is C=C(CC)SCCCCC(C)(C)C. The van der Waals surface area contributed by atoms with Crippen molar-refractivity contribution in [3.63, 3.8) is 0 Å². The molecule has 0 aliphatic heterocycles. The lowest BCUT2D eigenvalue weighted by atomic mass is 9.90. The zero-order valence-electron chi connectivity index (χ0n) is 9.65. The Balaban J connectivity index is 3.22. The first-order valence-electron chi connectivity index (χ1n) is 5.26. The number of unbranched alkanes of at least 4 members (excludes halogenated alkanes) is 1. The summed E-state index contributed by atoms with van der Waals surface area (Å²) in [5.41, 5.74) is 0.506. The fraction of sp³-hybridized carbons (Fsp3) is 0.833. The molecule has 0 heterocycles. The second kappa shape index (κ2) is 6.53. The van der Waals surface area contributed by atoms with E-state index < -0.39 is 0 Å². The molecule has 0 aromatic rings. The van der Waals surface area contributed by atoms with Gasteiger partial charge in [0.25, 0.3) is 0 Å². The van der Waals surface area contributed by atoms with Crippen LogP contribution in [0.4, 0.5) is 0 Å². The molecular weight excluding hydrogens is 176 g/mol. The molecule has 0 atom stereocenters. The van der Waals surface area contributed by atoms with Gasteiger partial charge >= 0.3 is 0 Å². The minimum Gasteiger partial charge on any atom is -0.131 e. The van der Waals surface area contributed by atoms with Gasteiger partial charge < -0.3 is 0 Å². The summed E-state index contributed by atoms with van der Waals surface area (Å²) >= 11 is 1.93. The highest BCUT2D eigenvalue weighted by atomic mass is 32.2. The van der Waals surface area contributed by atoms with Crippen LogP contribution in [0.1, 0.15) is 53.4 Å². The quantitative estimate of drug-likeness (QED) is 0.552. The number of hydrogen-bond acceptors (Lipinski definition) is 1. The van der Waals surface area contributed by atoms with Crippen LogP contribution < -0.4 is 0 Å². The van der Waals surface area contributed by atoms with Crippen molar-refractivity contribution in [3.05, 3.63) is 11.5 Å². The third-order valence-electron chi connectivity index (χ3n) is 2.02. The molecule has 0 aromatic heterocycles. The van der Waals surface area contributed by atoms with Gasteiger partial charge in [0.1, 0.15) is 0 Å². The van der Waals surface area contributed by atoms with Crippen molar-refractivity contribution in [2.45, 2.75) is 53.4 Å². The average Bonchev–Trinajstić information content (AvgIpc) is 2.01. The van der Waals surface area contributed by atoms with E-state index in [0.717, 1.165) is 6.42 Å². The highest BCUT2D eigenvalue weighted by Gasteiger charge is 2.08. The number of allylic oxidation sites excluding steroid dienone is 1. The standard InChI is InChI=1S/C12H24S/c1-6-11(2)13-10-8-7-9-12(3,4)5/h2,6-10H2,1,3-5H3. The summed E-state index contributed by atoms with van der Waals surface area (Å²) in [7, 11) is 0. The van der Waals surface area contributed by atoms with Gasteiger partial charge in [-0.05, 0) is 35.3 Å². The van der Waals surface area contributed by atoms with Crippen LogP contribution in [0, 0.1) is 5.41 Å². The number of hydrogen-bond donors (Lipinski definition) is 0. The van der Waals surface area contributed by atoms with Crippen molar-refractivity contribution in [2.75, 3.05) is 5.75 Å². The van der Waals surface area contributed by atoms with Crippen molar-refractivity contribution in [1.29, 1.82) is 0 Å². The van der Waals surface area contributed by atoms with E-state index in [9.17, 15) is 0 Å². The topological polar surface area (TPSA) is 0 Å². The van der Waals surface area contributed by atoms with Gasteiger partial charge in [-0.2, -0.15) is 0 Å². The highest BCUT2D eigenvalue weighted by Crippen LogP contribution is 2.24. The molecule has 0 radical (unpaired) electrons. The zero-order chi connectivity index (χ0) is 10.3. The monoisotopic (exact) mass is 200 g/mol. The lowest BCUT2D eigenvalue weighted by Crippen LogP contribution is -2.04. The Morgan fingerprint density at radius 1 is 1.23 bits per heavy atom. The molecule has 0 fully saturated rings. The molecule has 0 nitrogen and oxygen atoms in total. The second-order valence-electron chi connectivity index (χ2n) is 4.76. The predicted octanol–water partition coefficient (Wildman–Crippen LogP) is 4.86. The van der Waals surface area contributed by atoms with Crippen LogP contribution in [0.3, 0.4) is 0 Å². The first-order valence-corrected chi connectivity index (χ1v) is 6.25.